The van der Waals surface area contributed by atoms with E-state index in [4.69, 9.17) is 23.7 Å². The van der Waals surface area contributed by atoms with Crippen LogP contribution in [0.25, 0.3) is 0 Å². The van der Waals surface area contributed by atoms with Crippen molar-refractivity contribution in [3.05, 3.63) is 0 Å². The maximum atomic E-state index is 11.5. The number of nitrogens with one attached hydrogen (secondary N) is 1. The Morgan fingerprint density at radius 3 is 2.00 bits per heavy atom. The van der Waals surface area contributed by atoms with Crippen molar-refractivity contribution in [1.82, 2.24) is 5.32 Å². The fourth-order valence-electron chi connectivity index (χ4n) is 2.46. The molecule has 5 atom stereocenters. The van der Waals surface area contributed by atoms with E-state index in [1.54, 1.807) is 0 Å². The van der Waals surface area contributed by atoms with Gasteiger partial charge in [0.15, 0.2) is 12.2 Å². The summed E-state index contributed by atoms with van der Waals surface area (Å²) in [6, 6.07) is -1.15. The molecule has 0 aliphatic carbocycles. The Morgan fingerprint density at radius 1 is 0.962 bits per heavy atom. The van der Waals surface area contributed by atoms with Gasteiger partial charge in [0.05, 0.1) is 0 Å². The molecule has 0 aromatic heterocycles. The molecular weight excluding hydrogens is 354 g/mol. The smallest absolute Gasteiger partial charge is 0.303 e. The lowest BCUT2D eigenvalue weighted by molar-refractivity contribution is -0.267. The van der Waals surface area contributed by atoms with Gasteiger partial charge in [-0.25, -0.2) is 0 Å². The first-order chi connectivity index (χ1) is 12.1. The van der Waals surface area contributed by atoms with Crippen molar-refractivity contribution in [2.75, 3.05) is 6.61 Å². The van der Waals surface area contributed by atoms with E-state index < -0.39 is 54.5 Å². The Morgan fingerprint density at radius 2 is 1.54 bits per heavy atom. The molecular formula is C15H21NO10. The van der Waals surface area contributed by atoms with E-state index in [-0.39, 0.29) is 13.1 Å². The monoisotopic (exact) mass is 375 g/mol. The Balaban J connectivity index is 3.24. The van der Waals surface area contributed by atoms with E-state index in [1.165, 1.54) is 6.92 Å². The second-order valence-electron chi connectivity index (χ2n) is 5.45. The largest absolute Gasteiger partial charge is 0.463 e. The van der Waals surface area contributed by atoms with Crippen LogP contribution in [0.2, 0.25) is 0 Å². The summed E-state index contributed by atoms with van der Waals surface area (Å²) in [5, 5.41) is 2.44. The van der Waals surface area contributed by atoms with Crippen molar-refractivity contribution >= 4 is 30.3 Å². The first-order valence-corrected chi connectivity index (χ1v) is 7.65. The van der Waals surface area contributed by atoms with Crippen LogP contribution in [-0.2, 0) is 47.7 Å². The molecule has 0 aromatic rings. The Bertz CT molecular complexity index is 563. The highest BCUT2D eigenvalue weighted by molar-refractivity contribution is 5.73. The maximum absolute atomic E-state index is 11.5. The van der Waals surface area contributed by atoms with Gasteiger partial charge in [-0.1, -0.05) is 0 Å². The molecule has 0 aromatic carbocycles. The number of carbonyl (C=O) groups excluding carboxylic acids is 5. The van der Waals surface area contributed by atoms with Crippen LogP contribution in [0.1, 0.15) is 27.7 Å². The number of hydrogen-bond acceptors (Lipinski definition) is 10. The van der Waals surface area contributed by atoms with Gasteiger partial charge in [-0.3, -0.25) is 24.0 Å². The van der Waals surface area contributed by atoms with Crippen molar-refractivity contribution in [2.45, 2.75) is 58.3 Å². The molecule has 0 bridgehead atoms. The molecule has 1 fully saturated rings. The van der Waals surface area contributed by atoms with Gasteiger partial charge in [0.1, 0.15) is 18.8 Å². The molecule has 1 saturated heterocycles. The molecule has 1 rings (SSSR count). The molecule has 0 saturated carbocycles. The SMILES string of the molecule is CC(=O)N[C@H]1[C@@H](OC=O)O[C@H](COC(C)=O)[C@H](OC(C)=O)[C@@H]1OC(C)=O. The van der Waals surface area contributed by atoms with Gasteiger partial charge in [0.2, 0.25) is 12.2 Å². The Hall–Kier alpha value is -2.69. The van der Waals surface area contributed by atoms with Crippen LogP contribution in [0.4, 0.5) is 0 Å². The van der Waals surface area contributed by atoms with E-state index in [1.807, 2.05) is 0 Å². The summed E-state index contributed by atoms with van der Waals surface area (Å²) < 4.78 is 25.5. The van der Waals surface area contributed by atoms with Crippen LogP contribution in [0.15, 0.2) is 0 Å². The lowest BCUT2D eigenvalue weighted by Crippen LogP contribution is -2.66. The van der Waals surface area contributed by atoms with Gasteiger partial charge in [0, 0.05) is 27.7 Å². The molecule has 146 valence electrons. The van der Waals surface area contributed by atoms with Gasteiger partial charge in [-0.15, -0.1) is 0 Å². The highest BCUT2D eigenvalue weighted by Crippen LogP contribution is 2.27. The van der Waals surface area contributed by atoms with E-state index in [9.17, 15) is 24.0 Å². The van der Waals surface area contributed by atoms with Gasteiger partial charge in [0.25, 0.3) is 6.47 Å². The predicted molar refractivity (Wildman–Crippen MR) is 81.2 cm³/mol. The van der Waals surface area contributed by atoms with Crippen LogP contribution in [-0.4, -0.2) is 67.5 Å². The van der Waals surface area contributed by atoms with Gasteiger partial charge in [-0.05, 0) is 0 Å². The predicted octanol–water partition coefficient (Wildman–Crippen LogP) is -1.18. The molecule has 1 heterocycles. The molecule has 0 spiro atoms. The van der Waals surface area contributed by atoms with Crippen molar-refractivity contribution in [3.8, 4) is 0 Å². The molecule has 11 nitrogen and oxygen atoms in total. The summed E-state index contributed by atoms with van der Waals surface area (Å²) >= 11 is 0. The molecule has 1 aliphatic rings. The molecule has 1 amide bonds. The van der Waals surface area contributed by atoms with Gasteiger partial charge in [-0.2, -0.15) is 0 Å². The standard InChI is InChI=1S/C15H21NO10/c1-7(18)16-12-14(25-10(4)21)13(24-9(3)20)11(5-22-8(2)19)26-15(12)23-6-17/h6,11-15H,5H2,1-4H3,(H,16,18)/t11-,12-,13+,14-,15+/m1/s1. The Kier molecular flexibility index (Phi) is 7.97. The van der Waals surface area contributed by atoms with Crippen LogP contribution in [0.3, 0.4) is 0 Å². The number of carbonyl (C=O) groups is 5. The van der Waals surface area contributed by atoms with Crippen LogP contribution < -0.4 is 5.32 Å². The molecule has 0 unspecified atom stereocenters. The van der Waals surface area contributed by atoms with Crippen molar-refractivity contribution in [3.63, 3.8) is 0 Å². The van der Waals surface area contributed by atoms with Gasteiger partial charge >= 0.3 is 17.9 Å². The van der Waals surface area contributed by atoms with E-state index in [0.29, 0.717) is 0 Å². The fourth-order valence-corrected chi connectivity index (χ4v) is 2.46. The van der Waals surface area contributed by atoms with Crippen LogP contribution >= 0.6 is 0 Å². The highest BCUT2D eigenvalue weighted by Gasteiger charge is 2.51. The summed E-state index contributed by atoms with van der Waals surface area (Å²) in [6.45, 7) is 4.30. The topological polar surface area (TPSA) is 144 Å². The summed E-state index contributed by atoms with van der Waals surface area (Å²) in [4.78, 5) is 56.3. The summed E-state index contributed by atoms with van der Waals surface area (Å²) in [5.41, 5.74) is 0. The van der Waals surface area contributed by atoms with Crippen LogP contribution in [0, 0.1) is 0 Å². The number of esters is 3. The molecule has 1 N–H and O–H groups in total. The fraction of sp³-hybridized carbons (Fsp3) is 0.667. The first-order valence-electron chi connectivity index (χ1n) is 7.65. The van der Waals surface area contributed by atoms with Gasteiger partial charge < -0.3 is 29.0 Å². The van der Waals surface area contributed by atoms with Crippen molar-refractivity contribution in [1.29, 1.82) is 0 Å². The minimum absolute atomic E-state index is 0.0827. The third-order valence-corrected chi connectivity index (χ3v) is 3.26. The molecule has 26 heavy (non-hydrogen) atoms. The second kappa shape index (κ2) is 9.70. The van der Waals surface area contributed by atoms with Crippen molar-refractivity contribution in [2.24, 2.45) is 0 Å². The molecule has 0 radical (unpaired) electrons. The normalized spacial score (nSPS) is 27.6. The van der Waals surface area contributed by atoms with Crippen molar-refractivity contribution < 1.29 is 47.7 Å². The number of hydrogen-bond donors (Lipinski definition) is 1. The summed E-state index contributed by atoms with van der Waals surface area (Å²) in [6.07, 6.45) is -4.95. The minimum atomic E-state index is -1.37. The first kappa shape index (κ1) is 21.4. The second-order valence-corrected chi connectivity index (χ2v) is 5.45. The third-order valence-electron chi connectivity index (χ3n) is 3.26. The minimum Gasteiger partial charge on any atom is -0.463 e. The maximum Gasteiger partial charge on any atom is 0.303 e. The van der Waals surface area contributed by atoms with E-state index in [2.05, 4.69) is 5.32 Å². The molecule has 11 heteroatoms. The average molecular weight is 375 g/mol. The zero-order valence-corrected chi connectivity index (χ0v) is 14.8. The van der Waals surface area contributed by atoms with E-state index in [0.717, 1.165) is 20.8 Å². The Labute approximate surface area is 149 Å². The highest BCUT2D eigenvalue weighted by atomic mass is 16.7. The zero-order valence-electron chi connectivity index (χ0n) is 14.8. The quantitative estimate of drug-likeness (QED) is 0.328. The third kappa shape index (κ3) is 6.31. The number of rotatable bonds is 7. The van der Waals surface area contributed by atoms with E-state index >= 15 is 0 Å². The summed E-state index contributed by atoms with van der Waals surface area (Å²) in [5.74, 6) is -2.62. The molecule has 1 aliphatic heterocycles. The zero-order chi connectivity index (χ0) is 19.9. The lowest BCUT2D eigenvalue weighted by atomic mass is 9.96. The average Bonchev–Trinajstić information content (AvgIpc) is 2.50. The lowest BCUT2D eigenvalue weighted by Gasteiger charge is -2.44. The summed E-state index contributed by atoms with van der Waals surface area (Å²) in [7, 11) is 0. The van der Waals surface area contributed by atoms with Crippen LogP contribution in [0.5, 0.6) is 0 Å². The number of ether oxygens (including phenoxy) is 5. The number of amides is 1.